The van der Waals surface area contributed by atoms with Crippen molar-refractivity contribution in [2.75, 3.05) is 13.2 Å². The molecule has 1 aliphatic heterocycles. The maximum absolute atomic E-state index is 11.9. The fourth-order valence-corrected chi connectivity index (χ4v) is 1.94. The molecule has 1 aliphatic rings. The molecule has 0 aliphatic carbocycles. The number of hydrogen-bond donors (Lipinski definition) is 1. The van der Waals surface area contributed by atoms with Crippen molar-refractivity contribution in [3.63, 3.8) is 0 Å². The summed E-state index contributed by atoms with van der Waals surface area (Å²) in [5.41, 5.74) is 1.83. The molecule has 1 aromatic carbocycles. The van der Waals surface area contributed by atoms with Gasteiger partial charge in [-0.15, -0.1) is 0 Å². The molecule has 86 valence electrons. The van der Waals surface area contributed by atoms with E-state index in [1.165, 1.54) is 0 Å². The van der Waals surface area contributed by atoms with Gasteiger partial charge in [0.05, 0.1) is 6.61 Å². The van der Waals surface area contributed by atoms with E-state index >= 15 is 0 Å². The number of carbonyl (C=O) groups is 1. The molecule has 0 unspecified atom stereocenters. The summed E-state index contributed by atoms with van der Waals surface area (Å²) in [6.07, 6.45) is 2.88. The molecule has 3 heteroatoms. The summed E-state index contributed by atoms with van der Waals surface area (Å²) in [5.74, 6) is 0.889. The van der Waals surface area contributed by atoms with E-state index < -0.39 is 0 Å². The van der Waals surface area contributed by atoms with E-state index in [0.717, 1.165) is 49.3 Å². The van der Waals surface area contributed by atoms with Crippen LogP contribution in [0.5, 0.6) is 5.75 Å². The van der Waals surface area contributed by atoms with Crippen LogP contribution in [0, 0.1) is 0 Å². The van der Waals surface area contributed by atoms with Gasteiger partial charge in [0.1, 0.15) is 5.75 Å². The molecule has 0 saturated heterocycles. The lowest BCUT2D eigenvalue weighted by atomic mass is 9.99. The van der Waals surface area contributed by atoms with Gasteiger partial charge in [0, 0.05) is 17.7 Å². The van der Waals surface area contributed by atoms with E-state index in [1.54, 1.807) is 0 Å². The van der Waals surface area contributed by atoms with Crippen molar-refractivity contribution in [3.8, 4) is 5.75 Å². The largest absolute Gasteiger partial charge is 0.493 e. The minimum Gasteiger partial charge on any atom is -0.493 e. The molecule has 2 rings (SSSR count). The first-order chi connectivity index (χ1) is 7.83. The lowest BCUT2D eigenvalue weighted by Gasteiger charge is -2.19. The van der Waals surface area contributed by atoms with E-state index in [-0.39, 0.29) is 5.91 Å². The molecule has 0 fully saturated rings. The number of benzene rings is 1. The molecule has 0 atom stereocenters. The van der Waals surface area contributed by atoms with Gasteiger partial charge in [0.2, 0.25) is 0 Å². The Kier molecular flexibility index (Phi) is 3.44. The van der Waals surface area contributed by atoms with Gasteiger partial charge in [-0.05, 0) is 31.4 Å². The second-order valence-corrected chi connectivity index (χ2v) is 3.99. The molecule has 0 saturated carbocycles. The van der Waals surface area contributed by atoms with Crippen molar-refractivity contribution in [1.29, 1.82) is 0 Å². The molecule has 0 bridgehead atoms. The Labute approximate surface area is 95.8 Å². The summed E-state index contributed by atoms with van der Waals surface area (Å²) in [7, 11) is 0. The highest BCUT2D eigenvalue weighted by Crippen LogP contribution is 2.27. The van der Waals surface area contributed by atoms with Gasteiger partial charge in [0.25, 0.3) is 5.91 Å². The van der Waals surface area contributed by atoms with E-state index in [1.807, 2.05) is 25.1 Å². The number of fused-ring (bicyclic) bond motifs is 1. The Morgan fingerprint density at radius 1 is 1.50 bits per heavy atom. The van der Waals surface area contributed by atoms with Crippen LogP contribution in [0.15, 0.2) is 18.2 Å². The molecular formula is C13H17NO2. The normalized spacial score (nSPS) is 13.8. The minimum absolute atomic E-state index is 0.0178. The summed E-state index contributed by atoms with van der Waals surface area (Å²) < 4.78 is 5.54. The van der Waals surface area contributed by atoms with Gasteiger partial charge in [-0.3, -0.25) is 4.79 Å². The second kappa shape index (κ2) is 5.01. The molecule has 1 heterocycles. The lowest BCUT2D eigenvalue weighted by Crippen LogP contribution is -2.26. The molecular weight excluding hydrogens is 202 g/mol. The second-order valence-electron chi connectivity index (χ2n) is 3.99. The molecule has 3 nitrogen and oxygen atoms in total. The lowest BCUT2D eigenvalue weighted by molar-refractivity contribution is 0.0951. The molecule has 1 amide bonds. The molecule has 0 spiro atoms. The zero-order chi connectivity index (χ0) is 11.4. The average molecular weight is 219 g/mol. The highest BCUT2D eigenvalue weighted by Gasteiger charge is 2.17. The Morgan fingerprint density at radius 2 is 2.38 bits per heavy atom. The third-order valence-electron chi connectivity index (χ3n) is 2.74. The highest BCUT2D eigenvalue weighted by atomic mass is 16.5. The van der Waals surface area contributed by atoms with Gasteiger partial charge in [-0.2, -0.15) is 0 Å². The van der Waals surface area contributed by atoms with Crippen LogP contribution in [0.1, 0.15) is 35.7 Å². The van der Waals surface area contributed by atoms with E-state index in [0.29, 0.717) is 0 Å². The van der Waals surface area contributed by atoms with Crippen LogP contribution in [0.2, 0.25) is 0 Å². The zero-order valence-electron chi connectivity index (χ0n) is 9.58. The van der Waals surface area contributed by atoms with Crippen molar-refractivity contribution >= 4 is 5.91 Å². The number of ether oxygens (including phenoxy) is 1. The van der Waals surface area contributed by atoms with Crippen LogP contribution < -0.4 is 10.1 Å². The van der Waals surface area contributed by atoms with Gasteiger partial charge in [0.15, 0.2) is 0 Å². The minimum atomic E-state index is 0.0178. The quantitative estimate of drug-likeness (QED) is 0.846. The van der Waals surface area contributed by atoms with E-state index in [2.05, 4.69) is 5.32 Å². The maximum atomic E-state index is 11.9. The van der Waals surface area contributed by atoms with Crippen LogP contribution in [0.25, 0.3) is 0 Å². The fourth-order valence-electron chi connectivity index (χ4n) is 1.94. The van der Waals surface area contributed by atoms with Gasteiger partial charge < -0.3 is 10.1 Å². The van der Waals surface area contributed by atoms with Gasteiger partial charge in [-0.1, -0.05) is 13.0 Å². The fraction of sp³-hybridized carbons (Fsp3) is 0.462. The van der Waals surface area contributed by atoms with Crippen LogP contribution in [0.3, 0.4) is 0 Å². The zero-order valence-corrected chi connectivity index (χ0v) is 9.58. The van der Waals surface area contributed by atoms with Crippen molar-refractivity contribution < 1.29 is 9.53 Å². The summed E-state index contributed by atoms with van der Waals surface area (Å²) in [4.78, 5) is 11.9. The van der Waals surface area contributed by atoms with E-state index in [4.69, 9.17) is 4.74 Å². The predicted octanol–water partition coefficient (Wildman–Crippen LogP) is 2.15. The standard InChI is InChI=1S/C13H17NO2/c1-2-8-14-13(15)11-5-3-7-12-10(11)6-4-9-16-12/h3,5,7H,2,4,6,8-9H2,1H3,(H,14,15). The van der Waals surface area contributed by atoms with Crippen LogP contribution in [-0.2, 0) is 6.42 Å². The van der Waals surface area contributed by atoms with Gasteiger partial charge >= 0.3 is 0 Å². The van der Waals surface area contributed by atoms with Crippen LogP contribution >= 0.6 is 0 Å². The summed E-state index contributed by atoms with van der Waals surface area (Å²) in [6.45, 7) is 3.53. The summed E-state index contributed by atoms with van der Waals surface area (Å²) >= 11 is 0. The summed E-state index contributed by atoms with van der Waals surface area (Å²) in [5, 5.41) is 2.90. The average Bonchev–Trinajstić information content (AvgIpc) is 2.35. The summed E-state index contributed by atoms with van der Waals surface area (Å²) in [6, 6.07) is 5.69. The number of hydrogen-bond acceptors (Lipinski definition) is 2. The third-order valence-corrected chi connectivity index (χ3v) is 2.74. The van der Waals surface area contributed by atoms with Crippen molar-refractivity contribution in [2.24, 2.45) is 0 Å². The van der Waals surface area contributed by atoms with Crippen molar-refractivity contribution in [2.45, 2.75) is 26.2 Å². The van der Waals surface area contributed by atoms with Crippen LogP contribution in [0.4, 0.5) is 0 Å². The Morgan fingerprint density at radius 3 is 3.19 bits per heavy atom. The Balaban J connectivity index is 2.23. The SMILES string of the molecule is CCCNC(=O)c1cccc2c1CCCO2. The molecule has 1 N–H and O–H groups in total. The molecule has 0 radical (unpaired) electrons. The smallest absolute Gasteiger partial charge is 0.251 e. The maximum Gasteiger partial charge on any atom is 0.251 e. The highest BCUT2D eigenvalue weighted by molar-refractivity contribution is 5.96. The predicted molar refractivity (Wildman–Crippen MR) is 62.9 cm³/mol. The molecule has 0 aromatic heterocycles. The van der Waals surface area contributed by atoms with Crippen molar-refractivity contribution in [3.05, 3.63) is 29.3 Å². The Hall–Kier alpha value is -1.51. The van der Waals surface area contributed by atoms with Crippen molar-refractivity contribution in [1.82, 2.24) is 5.32 Å². The first kappa shape index (κ1) is 11.0. The van der Waals surface area contributed by atoms with E-state index in [9.17, 15) is 4.79 Å². The first-order valence-electron chi connectivity index (χ1n) is 5.86. The topological polar surface area (TPSA) is 38.3 Å². The molecule has 16 heavy (non-hydrogen) atoms. The number of rotatable bonds is 3. The monoisotopic (exact) mass is 219 g/mol. The van der Waals surface area contributed by atoms with Crippen LogP contribution in [-0.4, -0.2) is 19.1 Å². The first-order valence-corrected chi connectivity index (χ1v) is 5.86. The Bertz CT molecular complexity index is 388. The number of amides is 1. The number of carbonyl (C=O) groups excluding carboxylic acids is 1. The molecule has 1 aromatic rings. The number of nitrogens with one attached hydrogen (secondary N) is 1. The third kappa shape index (κ3) is 2.18. The van der Waals surface area contributed by atoms with Gasteiger partial charge in [-0.25, -0.2) is 0 Å².